The van der Waals surface area contributed by atoms with Crippen molar-refractivity contribution in [1.82, 2.24) is 0 Å². The molecule has 0 aliphatic rings. The van der Waals surface area contributed by atoms with Crippen molar-refractivity contribution in [2.75, 3.05) is 0 Å². The second-order valence-electron chi connectivity index (χ2n) is 5.16. The first kappa shape index (κ1) is 15.0. The normalized spacial score (nSPS) is 11.5. The zero-order valence-corrected chi connectivity index (χ0v) is 11.8. The fourth-order valence-electron chi connectivity index (χ4n) is 2.20. The first-order valence-electron chi connectivity index (χ1n) is 6.57. The van der Waals surface area contributed by atoms with Gasteiger partial charge in [0.2, 0.25) is 0 Å². The van der Waals surface area contributed by atoms with E-state index in [0.29, 0.717) is 16.7 Å². The van der Waals surface area contributed by atoms with E-state index >= 15 is 0 Å². The van der Waals surface area contributed by atoms with Crippen LogP contribution >= 0.6 is 0 Å². The van der Waals surface area contributed by atoms with Crippen LogP contribution in [0, 0.1) is 11.6 Å². The largest absolute Gasteiger partial charge is 0.507 e. The second kappa shape index (κ2) is 5.95. The molecule has 0 bridgehead atoms. The molecule has 2 N–H and O–H groups in total. The highest BCUT2D eigenvalue weighted by atomic mass is 19.1. The maximum atomic E-state index is 13.1. The topological polar surface area (TPSA) is 40.5 Å². The molecule has 0 atom stereocenters. The molecule has 0 unspecified atom stereocenters. The highest BCUT2D eigenvalue weighted by Crippen LogP contribution is 2.35. The summed E-state index contributed by atoms with van der Waals surface area (Å²) in [6.07, 6.45) is 3.08. The minimum absolute atomic E-state index is 0.00456. The number of hydrogen-bond donors (Lipinski definition) is 2. The Bertz CT molecular complexity index is 648. The third-order valence-electron chi connectivity index (χ3n) is 3.09. The zero-order chi connectivity index (χ0) is 15.6. The summed E-state index contributed by atoms with van der Waals surface area (Å²) in [5.41, 5.74) is 1.38. The third-order valence-corrected chi connectivity index (χ3v) is 3.09. The summed E-state index contributed by atoms with van der Waals surface area (Å²) < 4.78 is 26.1. The molecular formula is C17H16F2O2. The monoisotopic (exact) mass is 290 g/mol. The van der Waals surface area contributed by atoms with E-state index in [1.807, 2.05) is 13.8 Å². The van der Waals surface area contributed by atoms with Crippen molar-refractivity contribution >= 4 is 12.2 Å². The van der Waals surface area contributed by atoms with Crippen LogP contribution < -0.4 is 0 Å². The van der Waals surface area contributed by atoms with Gasteiger partial charge in [-0.05, 0) is 41.3 Å². The van der Waals surface area contributed by atoms with E-state index in [4.69, 9.17) is 0 Å². The van der Waals surface area contributed by atoms with Crippen LogP contribution in [0.4, 0.5) is 8.78 Å². The van der Waals surface area contributed by atoms with E-state index in [1.54, 1.807) is 6.08 Å². The van der Waals surface area contributed by atoms with Gasteiger partial charge in [-0.2, -0.15) is 0 Å². The van der Waals surface area contributed by atoms with Gasteiger partial charge in [0.05, 0.1) is 0 Å². The van der Waals surface area contributed by atoms with E-state index in [-0.39, 0.29) is 17.4 Å². The number of aromatic hydroxyl groups is 2. The molecule has 0 saturated heterocycles. The van der Waals surface area contributed by atoms with Crippen LogP contribution in [0.5, 0.6) is 11.5 Å². The fraction of sp³-hybridized carbons (Fsp3) is 0.176. The average molecular weight is 290 g/mol. The molecule has 21 heavy (non-hydrogen) atoms. The standard InChI is InChI=1S/C17H16F2O2/c1-10(2)17-15(20)7-12(8-16(17)21)4-3-11-5-13(18)9-14(19)6-11/h3-10,20-21H,1-2H3/b4-3+. The number of hydrogen-bond acceptors (Lipinski definition) is 2. The van der Waals surface area contributed by atoms with Gasteiger partial charge >= 0.3 is 0 Å². The maximum Gasteiger partial charge on any atom is 0.126 e. The lowest BCUT2D eigenvalue weighted by Gasteiger charge is -2.11. The van der Waals surface area contributed by atoms with Crippen LogP contribution in [0.25, 0.3) is 12.2 Å². The molecule has 0 heterocycles. The highest BCUT2D eigenvalue weighted by Gasteiger charge is 2.12. The van der Waals surface area contributed by atoms with Crippen molar-refractivity contribution in [3.8, 4) is 11.5 Å². The predicted molar refractivity (Wildman–Crippen MR) is 79.1 cm³/mol. The summed E-state index contributed by atoms with van der Waals surface area (Å²) >= 11 is 0. The molecular weight excluding hydrogens is 274 g/mol. The van der Waals surface area contributed by atoms with Gasteiger partial charge in [-0.15, -0.1) is 0 Å². The van der Waals surface area contributed by atoms with Gasteiger partial charge in [0.1, 0.15) is 23.1 Å². The summed E-state index contributed by atoms with van der Waals surface area (Å²) in [4.78, 5) is 0. The number of halogens is 2. The quantitative estimate of drug-likeness (QED) is 0.806. The Kier molecular flexibility index (Phi) is 4.26. The SMILES string of the molecule is CC(C)c1c(O)cc(/C=C/c2cc(F)cc(F)c2)cc1O. The first-order valence-corrected chi connectivity index (χ1v) is 6.57. The Labute approximate surface area is 122 Å². The van der Waals surface area contributed by atoms with E-state index < -0.39 is 11.6 Å². The van der Waals surface area contributed by atoms with Crippen LogP contribution in [0.3, 0.4) is 0 Å². The fourth-order valence-corrected chi connectivity index (χ4v) is 2.20. The first-order chi connectivity index (χ1) is 9.86. The highest BCUT2D eigenvalue weighted by molar-refractivity contribution is 5.71. The van der Waals surface area contributed by atoms with E-state index in [9.17, 15) is 19.0 Å². The van der Waals surface area contributed by atoms with Gasteiger partial charge in [0, 0.05) is 11.6 Å². The van der Waals surface area contributed by atoms with Crippen molar-refractivity contribution < 1.29 is 19.0 Å². The van der Waals surface area contributed by atoms with E-state index in [2.05, 4.69) is 0 Å². The maximum absolute atomic E-state index is 13.1. The van der Waals surface area contributed by atoms with Crippen LogP contribution in [0.15, 0.2) is 30.3 Å². The van der Waals surface area contributed by atoms with Crippen molar-refractivity contribution in [2.45, 2.75) is 19.8 Å². The number of rotatable bonds is 3. The van der Waals surface area contributed by atoms with Crippen LogP contribution in [0.2, 0.25) is 0 Å². The molecule has 4 heteroatoms. The molecule has 2 aromatic carbocycles. The lowest BCUT2D eigenvalue weighted by molar-refractivity contribution is 0.433. The van der Waals surface area contributed by atoms with Crippen molar-refractivity contribution in [2.24, 2.45) is 0 Å². The van der Waals surface area contributed by atoms with Crippen LogP contribution in [-0.2, 0) is 0 Å². The van der Waals surface area contributed by atoms with Gasteiger partial charge < -0.3 is 10.2 Å². The minimum Gasteiger partial charge on any atom is -0.507 e. The smallest absolute Gasteiger partial charge is 0.126 e. The summed E-state index contributed by atoms with van der Waals surface area (Å²) in [5, 5.41) is 19.8. The van der Waals surface area contributed by atoms with Crippen LogP contribution in [-0.4, -0.2) is 10.2 Å². The molecule has 2 rings (SSSR count). The Morgan fingerprint density at radius 2 is 1.24 bits per heavy atom. The molecule has 2 nitrogen and oxygen atoms in total. The molecule has 2 aromatic rings. The molecule has 0 aliphatic heterocycles. The van der Waals surface area contributed by atoms with Gasteiger partial charge in [0.25, 0.3) is 0 Å². The Balaban J connectivity index is 2.33. The Morgan fingerprint density at radius 3 is 1.67 bits per heavy atom. The average Bonchev–Trinajstić information content (AvgIpc) is 2.34. The van der Waals surface area contributed by atoms with Crippen molar-refractivity contribution in [3.05, 3.63) is 58.7 Å². The lowest BCUT2D eigenvalue weighted by Crippen LogP contribution is -1.90. The zero-order valence-electron chi connectivity index (χ0n) is 11.8. The molecule has 0 aliphatic carbocycles. The third kappa shape index (κ3) is 3.60. The number of benzene rings is 2. The number of phenols is 2. The van der Waals surface area contributed by atoms with Gasteiger partial charge in [-0.25, -0.2) is 8.78 Å². The second-order valence-corrected chi connectivity index (χ2v) is 5.16. The van der Waals surface area contributed by atoms with Gasteiger partial charge in [-0.3, -0.25) is 0 Å². The van der Waals surface area contributed by atoms with E-state index in [1.165, 1.54) is 30.3 Å². The molecule has 0 aromatic heterocycles. The minimum atomic E-state index is -0.657. The van der Waals surface area contributed by atoms with Crippen molar-refractivity contribution in [1.29, 1.82) is 0 Å². The van der Waals surface area contributed by atoms with Crippen LogP contribution in [0.1, 0.15) is 36.5 Å². The summed E-state index contributed by atoms with van der Waals surface area (Å²) in [5.74, 6) is -1.34. The summed E-state index contributed by atoms with van der Waals surface area (Å²) in [6, 6.07) is 6.19. The molecule has 110 valence electrons. The molecule has 0 saturated carbocycles. The molecule has 0 fully saturated rings. The van der Waals surface area contributed by atoms with Gasteiger partial charge in [0.15, 0.2) is 0 Å². The number of phenolic OH excluding ortho intramolecular Hbond substituents is 2. The Morgan fingerprint density at radius 1 is 0.810 bits per heavy atom. The summed E-state index contributed by atoms with van der Waals surface area (Å²) in [6.45, 7) is 3.72. The van der Waals surface area contributed by atoms with Crippen molar-refractivity contribution in [3.63, 3.8) is 0 Å². The lowest BCUT2D eigenvalue weighted by atomic mass is 9.98. The molecule has 0 amide bonds. The molecule has 0 radical (unpaired) electrons. The predicted octanol–water partition coefficient (Wildman–Crippen LogP) is 4.67. The molecule has 0 spiro atoms. The Hall–Kier alpha value is -2.36. The van der Waals surface area contributed by atoms with E-state index in [0.717, 1.165) is 6.07 Å². The summed E-state index contributed by atoms with van der Waals surface area (Å²) in [7, 11) is 0. The van der Waals surface area contributed by atoms with Gasteiger partial charge in [-0.1, -0.05) is 26.0 Å².